The molecule has 0 spiro atoms. The van der Waals surface area contributed by atoms with Crippen LogP contribution < -0.4 is 5.32 Å². The number of nitrogens with one attached hydrogen (secondary N) is 1. The second-order valence-electron chi connectivity index (χ2n) is 28.5. The van der Waals surface area contributed by atoms with E-state index in [4.69, 9.17) is 4.74 Å². The molecule has 0 bridgehead atoms. The number of rotatable bonds is 78. The fraction of sp³-hybridized carbons (Fsp3) is 0.905. The van der Waals surface area contributed by atoms with Crippen LogP contribution in [0.15, 0.2) is 36.5 Å². The van der Waals surface area contributed by atoms with Crippen molar-refractivity contribution in [3.05, 3.63) is 36.5 Å². The van der Waals surface area contributed by atoms with Crippen LogP contribution in [0.1, 0.15) is 463 Å². The fourth-order valence-corrected chi connectivity index (χ4v) is 13.1. The Labute approximate surface area is 564 Å². The summed E-state index contributed by atoms with van der Waals surface area (Å²) in [6.45, 7) is 4.96. The molecule has 0 heterocycles. The van der Waals surface area contributed by atoms with Crippen LogP contribution in [0.2, 0.25) is 0 Å². The Hall–Kier alpha value is -1.92. The monoisotopic (exact) mass is 1260 g/mol. The van der Waals surface area contributed by atoms with Crippen LogP contribution in [0.4, 0.5) is 0 Å². The Morgan fingerprint density at radius 3 is 0.844 bits per heavy atom. The van der Waals surface area contributed by atoms with E-state index in [1.165, 1.54) is 392 Å². The SMILES string of the molecule is CCCCCCCCCCCCCCCCCCCCC/C=C/C(O)C(CO)NC(=O)CCCCCCCCCCCCCCCCCCC/C=C\C/C=C\CCCCCCCCCCCCCCCCCOC(=O)CCCCCCCCCCCCCCC. The summed E-state index contributed by atoms with van der Waals surface area (Å²) < 4.78 is 5.50. The number of unbranched alkanes of at least 4 members (excludes halogenated alkanes) is 63. The molecule has 0 aliphatic heterocycles. The number of aliphatic hydroxyl groups excluding tert-OH is 2. The number of hydrogen-bond donors (Lipinski definition) is 3. The Balaban J connectivity index is 3.37. The van der Waals surface area contributed by atoms with Gasteiger partial charge in [-0.3, -0.25) is 9.59 Å². The van der Waals surface area contributed by atoms with Crippen molar-refractivity contribution >= 4 is 11.9 Å². The van der Waals surface area contributed by atoms with Crippen LogP contribution in [0.25, 0.3) is 0 Å². The van der Waals surface area contributed by atoms with Gasteiger partial charge in [-0.05, 0) is 64.2 Å². The highest BCUT2D eigenvalue weighted by molar-refractivity contribution is 5.76. The lowest BCUT2D eigenvalue weighted by atomic mass is 10.0. The first kappa shape index (κ1) is 88.1. The Bertz CT molecular complexity index is 1460. The fourth-order valence-electron chi connectivity index (χ4n) is 13.1. The van der Waals surface area contributed by atoms with Gasteiger partial charge in [0.25, 0.3) is 0 Å². The summed E-state index contributed by atoms with van der Waals surface area (Å²) in [5, 5.41) is 23.3. The molecule has 6 nitrogen and oxygen atoms in total. The zero-order valence-electron chi connectivity index (χ0n) is 61.1. The molecule has 0 saturated heterocycles. The minimum Gasteiger partial charge on any atom is -0.466 e. The van der Waals surface area contributed by atoms with E-state index in [0.717, 1.165) is 44.9 Å². The molecular weight excluding hydrogens is 1100 g/mol. The predicted octanol–water partition coefficient (Wildman–Crippen LogP) is 27.4. The van der Waals surface area contributed by atoms with E-state index in [9.17, 15) is 19.8 Å². The summed E-state index contributed by atoms with van der Waals surface area (Å²) in [7, 11) is 0. The number of allylic oxidation sites excluding steroid dienone is 5. The van der Waals surface area contributed by atoms with Gasteiger partial charge in [-0.1, -0.05) is 423 Å². The number of carbonyl (C=O) groups is 2. The third kappa shape index (κ3) is 75.1. The number of esters is 1. The van der Waals surface area contributed by atoms with Gasteiger partial charge in [0.2, 0.25) is 5.91 Å². The van der Waals surface area contributed by atoms with Crippen LogP contribution in [0.3, 0.4) is 0 Å². The number of aliphatic hydroxyl groups is 2. The molecular formula is C84H161NO5. The first-order valence-electron chi connectivity index (χ1n) is 41.3. The van der Waals surface area contributed by atoms with Gasteiger partial charge >= 0.3 is 5.97 Å². The normalized spacial score (nSPS) is 12.6. The quantitative estimate of drug-likeness (QED) is 0.0320. The molecule has 0 aromatic carbocycles. The highest BCUT2D eigenvalue weighted by Crippen LogP contribution is 2.20. The van der Waals surface area contributed by atoms with Crippen molar-refractivity contribution in [2.24, 2.45) is 0 Å². The largest absolute Gasteiger partial charge is 0.466 e. The van der Waals surface area contributed by atoms with Crippen molar-refractivity contribution in [3.8, 4) is 0 Å². The second-order valence-corrected chi connectivity index (χ2v) is 28.5. The van der Waals surface area contributed by atoms with E-state index in [2.05, 4.69) is 43.5 Å². The summed E-state index contributed by atoms with van der Waals surface area (Å²) >= 11 is 0. The summed E-state index contributed by atoms with van der Waals surface area (Å²) in [6, 6.07) is -0.627. The van der Waals surface area contributed by atoms with E-state index < -0.39 is 12.1 Å². The standard InChI is InChI=1S/C84H161NO5/c1-3-5-7-9-11-13-15-17-18-19-20-40-43-46-49-53-56-60-64-68-72-76-82(87)81(80-86)85-83(88)77-73-69-65-61-57-54-50-47-44-41-38-36-34-32-30-28-26-24-22-21-23-25-27-29-31-33-35-37-39-42-45-48-51-55-59-63-67-71-75-79-90-84(89)78-74-70-66-62-58-52-16-14-12-10-8-6-4-2/h21-22,25,27,72,76,81-82,86-87H,3-20,23-24,26,28-71,73-75,77-80H2,1-2H3,(H,85,88)/b22-21-,27-25-,76-72+. The Morgan fingerprint density at radius 2 is 0.556 bits per heavy atom. The van der Waals surface area contributed by atoms with E-state index in [-0.39, 0.29) is 18.5 Å². The van der Waals surface area contributed by atoms with Gasteiger partial charge in [0.05, 0.1) is 25.4 Å². The van der Waals surface area contributed by atoms with Crippen LogP contribution >= 0.6 is 0 Å². The average Bonchev–Trinajstić information content (AvgIpc) is 3.55. The van der Waals surface area contributed by atoms with E-state index in [1.807, 2.05) is 6.08 Å². The molecule has 0 aromatic heterocycles. The first-order chi connectivity index (χ1) is 44.5. The van der Waals surface area contributed by atoms with Crippen molar-refractivity contribution in [2.45, 2.75) is 475 Å². The number of amides is 1. The van der Waals surface area contributed by atoms with Crippen molar-refractivity contribution in [3.63, 3.8) is 0 Å². The number of carbonyl (C=O) groups excluding carboxylic acids is 2. The molecule has 0 saturated carbocycles. The Kier molecular flexibility index (Phi) is 77.8. The van der Waals surface area contributed by atoms with Crippen LogP contribution in [-0.4, -0.2) is 47.4 Å². The lowest BCUT2D eigenvalue weighted by Crippen LogP contribution is -2.45. The lowest BCUT2D eigenvalue weighted by molar-refractivity contribution is -0.143. The molecule has 1 amide bonds. The molecule has 532 valence electrons. The topological polar surface area (TPSA) is 95.9 Å². The first-order valence-corrected chi connectivity index (χ1v) is 41.3. The average molecular weight is 1270 g/mol. The van der Waals surface area contributed by atoms with Crippen LogP contribution in [0.5, 0.6) is 0 Å². The molecule has 0 fully saturated rings. The van der Waals surface area contributed by atoms with Crippen LogP contribution in [0, 0.1) is 0 Å². The van der Waals surface area contributed by atoms with E-state index in [0.29, 0.717) is 19.4 Å². The van der Waals surface area contributed by atoms with E-state index in [1.54, 1.807) is 6.08 Å². The molecule has 0 aliphatic rings. The highest BCUT2D eigenvalue weighted by atomic mass is 16.5. The second kappa shape index (κ2) is 79.5. The van der Waals surface area contributed by atoms with Gasteiger partial charge in [-0.25, -0.2) is 0 Å². The van der Waals surface area contributed by atoms with Gasteiger partial charge in [-0.2, -0.15) is 0 Å². The van der Waals surface area contributed by atoms with Crippen molar-refractivity contribution in [1.29, 1.82) is 0 Å². The van der Waals surface area contributed by atoms with Crippen molar-refractivity contribution in [1.82, 2.24) is 5.32 Å². The highest BCUT2D eigenvalue weighted by Gasteiger charge is 2.18. The molecule has 0 rings (SSSR count). The maximum atomic E-state index is 12.5. The molecule has 3 N–H and O–H groups in total. The third-order valence-corrected chi connectivity index (χ3v) is 19.4. The van der Waals surface area contributed by atoms with Gasteiger partial charge in [0, 0.05) is 12.8 Å². The molecule has 90 heavy (non-hydrogen) atoms. The minimum atomic E-state index is -0.844. The smallest absolute Gasteiger partial charge is 0.305 e. The molecule has 0 aliphatic carbocycles. The van der Waals surface area contributed by atoms with Gasteiger partial charge in [-0.15, -0.1) is 0 Å². The van der Waals surface area contributed by atoms with Crippen molar-refractivity contribution in [2.75, 3.05) is 13.2 Å². The van der Waals surface area contributed by atoms with Gasteiger partial charge in [0.1, 0.15) is 0 Å². The molecule has 0 aromatic rings. The zero-order chi connectivity index (χ0) is 64.9. The molecule has 6 heteroatoms. The molecule has 2 atom stereocenters. The Morgan fingerprint density at radius 1 is 0.311 bits per heavy atom. The number of ether oxygens (including phenoxy) is 1. The van der Waals surface area contributed by atoms with Crippen LogP contribution in [-0.2, 0) is 14.3 Å². The summed E-state index contributed by atoms with van der Waals surface area (Å²) in [5.41, 5.74) is 0. The van der Waals surface area contributed by atoms with Gasteiger partial charge < -0.3 is 20.3 Å². The summed E-state index contributed by atoms with van der Waals surface area (Å²) in [6.07, 6.45) is 104. The zero-order valence-corrected chi connectivity index (χ0v) is 61.1. The van der Waals surface area contributed by atoms with Gasteiger partial charge in [0.15, 0.2) is 0 Å². The summed E-state index contributed by atoms with van der Waals surface area (Å²) in [5.74, 6) is -0.0378. The maximum absolute atomic E-state index is 12.5. The minimum absolute atomic E-state index is 0.0224. The third-order valence-electron chi connectivity index (χ3n) is 19.4. The predicted molar refractivity (Wildman–Crippen MR) is 398 cm³/mol. The van der Waals surface area contributed by atoms with E-state index >= 15 is 0 Å². The maximum Gasteiger partial charge on any atom is 0.305 e. The lowest BCUT2D eigenvalue weighted by Gasteiger charge is -2.20. The van der Waals surface area contributed by atoms with Crippen molar-refractivity contribution < 1.29 is 24.5 Å². The summed E-state index contributed by atoms with van der Waals surface area (Å²) in [4.78, 5) is 24.6. The molecule has 2 unspecified atom stereocenters. The number of hydrogen-bond acceptors (Lipinski definition) is 5. The molecule has 0 radical (unpaired) electrons.